The van der Waals surface area contributed by atoms with E-state index in [-0.39, 0.29) is 0 Å². The molecule has 17 heavy (non-hydrogen) atoms. The average Bonchev–Trinajstić information content (AvgIpc) is 2.88. The van der Waals surface area contributed by atoms with Gasteiger partial charge in [-0.25, -0.2) is 4.98 Å². The Morgan fingerprint density at radius 2 is 2.24 bits per heavy atom. The quantitative estimate of drug-likeness (QED) is 0.849. The molecular weight excluding hydrogens is 230 g/mol. The summed E-state index contributed by atoms with van der Waals surface area (Å²) < 4.78 is 0. The zero-order valence-electron chi connectivity index (χ0n) is 9.97. The first-order valence-corrected chi connectivity index (χ1v) is 6.61. The molecule has 2 aromatic heterocycles. The van der Waals surface area contributed by atoms with Crippen LogP contribution in [0, 0.1) is 0 Å². The summed E-state index contributed by atoms with van der Waals surface area (Å²) in [6.45, 7) is 2.85. The summed E-state index contributed by atoms with van der Waals surface area (Å²) in [6.07, 6.45) is 1.84. The summed E-state index contributed by atoms with van der Waals surface area (Å²) in [5.74, 6) is 1.04. The van der Waals surface area contributed by atoms with Crippen LogP contribution in [0.5, 0.6) is 0 Å². The maximum atomic E-state index is 4.42. The van der Waals surface area contributed by atoms with Crippen molar-refractivity contribution in [3.63, 3.8) is 0 Å². The zero-order valence-corrected chi connectivity index (χ0v) is 10.8. The molecule has 0 aliphatic heterocycles. The van der Waals surface area contributed by atoms with Crippen LogP contribution in [0.15, 0.2) is 41.9 Å². The molecule has 0 aromatic carbocycles. The van der Waals surface area contributed by atoms with Crippen LogP contribution in [0.2, 0.25) is 0 Å². The highest BCUT2D eigenvalue weighted by molar-refractivity contribution is 7.09. The molecular formula is C13H17N3S. The van der Waals surface area contributed by atoms with E-state index in [1.54, 1.807) is 11.3 Å². The van der Waals surface area contributed by atoms with Crippen molar-refractivity contribution < 1.29 is 0 Å². The van der Waals surface area contributed by atoms with E-state index in [0.29, 0.717) is 0 Å². The molecule has 0 aliphatic rings. The Morgan fingerprint density at radius 3 is 2.88 bits per heavy atom. The summed E-state index contributed by atoms with van der Waals surface area (Å²) in [5, 5.41) is 5.30. The Kier molecular flexibility index (Phi) is 4.53. The van der Waals surface area contributed by atoms with Crippen molar-refractivity contribution in [1.29, 1.82) is 0 Å². The van der Waals surface area contributed by atoms with Crippen molar-refractivity contribution in [2.45, 2.75) is 6.54 Å². The standard InChI is InChI=1S/C13H17N3S/c1-14-8-9-16(11-12-5-4-10-17-12)13-6-2-3-7-15-13/h2-7,10,14H,8-9,11H2,1H3. The van der Waals surface area contributed by atoms with Crippen molar-refractivity contribution in [2.24, 2.45) is 0 Å². The molecule has 0 saturated carbocycles. The molecule has 0 bridgehead atoms. The predicted molar refractivity (Wildman–Crippen MR) is 73.5 cm³/mol. The topological polar surface area (TPSA) is 28.2 Å². The lowest BCUT2D eigenvalue weighted by Gasteiger charge is -2.22. The van der Waals surface area contributed by atoms with Gasteiger partial charge < -0.3 is 10.2 Å². The van der Waals surface area contributed by atoms with Gasteiger partial charge in [0.15, 0.2) is 0 Å². The highest BCUT2D eigenvalue weighted by Gasteiger charge is 2.08. The van der Waals surface area contributed by atoms with Crippen molar-refractivity contribution in [3.8, 4) is 0 Å². The molecule has 0 radical (unpaired) electrons. The average molecular weight is 247 g/mol. The summed E-state index contributed by atoms with van der Waals surface area (Å²) >= 11 is 1.79. The van der Waals surface area contributed by atoms with Gasteiger partial charge in [0.1, 0.15) is 5.82 Å². The SMILES string of the molecule is CNCCN(Cc1cccs1)c1ccccn1. The third-order valence-electron chi connectivity index (χ3n) is 2.53. The number of pyridine rings is 1. The fourth-order valence-electron chi connectivity index (χ4n) is 1.65. The van der Waals surface area contributed by atoms with Crippen LogP contribution >= 0.6 is 11.3 Å². The number of likely N-dealkylation sites (N-methyl/N-ethyl adjacent to an activating group) is 1. The van der Waals surface area contributed by atoms with E-state index in [2.05, 4.69) is 38.8 Å². The Bertz CT molecular complexity index is 413. The molecule has 2 heterocycles. The summed E-state index contributed by atoms with van der Waals surface area (Å²) in [6, 6.07) is 10.3. The summed E-state index contributed by atoms with van der Waals surface area (Å²) in [7, 11) is 1.97. The Balaban J connectivity index is 2.08. The molecule has 0 amide bonds. The van der Waals surface area contributed by atoms with E-state index in [0.717, 1.165) is 25.5 Å². The van der Waals surface area contributed by atoms with E-state index in [1.165, 1.54) is 4.88 Å². The smallest absolute Gasteiger partial charge is 0.128 e. The van der Waals surface area contributed by atoms with E-state index in [9.17, 15) is 0 Å². The lowest BCUT2D eigenvalue weighted by molar-refractivity contribution is 0.717. The van der Waals surface area contributed by atoms with Gasteiger partial charge >= 0.3 is 0 Å². The van der Waals surface area contributed by atoms with E-state index in [4.69, 9.17) is 0 Å². The number of hydrogen-bond donors (Lipinski definition) is 1. The van der Waals surface area contributed by atoms with Gasteiger partial charge in [0.2, 0.25) is 0 Å². The van der Waals surface area contributed by atoms with Crippen molar-refractivity contribution in [3.05, 3.63) is 46.8 Å². The van der Waals surface area contributed by atoms with Gasteiger partial charge in [0.25, 0.3) is 0 Å². The van der Waals surface area contributed by atoms with Crippen molar-refractivity contribution >= 4 is 17.2 Å². The molecule has 90 valence electrons. The summed E-state index contributed by atoms with van der Waals surface area (Å²) in [5.41, 5.74) is 0. The molecule has 4 heteroatoms. The van der Waals surface area contributed by atoms with Crippen molar-refractivity contribution in [1.82, 2.24) is 10.3 Å². The molecule has 3 nitrogen and oxygen atoms in total. The minimum Gasteiger partial charge on any atom is -0.350 e. The number of thiophene rings is 1. The fraction of sp³-hybridized carbons (Fsp3) is 0.308. The normalized spacial score (nSPS) is 10.4. The molecule has 0 aliphatic carbocycles. The lowest BCUT2D eigenvalue weighted by atomic mass is 10.3. The third-order valence-corrected chi connectivity index (χ3v) is 3.39. The molecule has 1 N–H and O–H groups in total. The first kappa shape index (κ1) is 12.1. The van der Waals surface area contributed by atoms with Gasteiger partial charge in [-0.15, -0.1) is 11.3 Å². The largest absolute Gasteiger partial charge is 0.350 e. The van der Waals surface area contributed by atoms with Crippen LogP contribution in [0.1, 0.15) is 4.88 Å². The van der Waals surface area contributed by atoms with E-state index >= 15 is 0 Å². The van der Waals surface area contributed by atoms with Gasteiger partial charge in [-0.3, -0.25) is 0 Å². The summed E-state index contributed by atoms with van der Waals surface area (Å²) in [4.78, 5) is 8.08. The molecule has 2 rings (SSSR count). The predicted octanol–water partition coefficient (Wildman–Crippen LogP) is 2.37. The molecule has 0 atom stereocenters. The van der Waals surface area contributed by atoms with E-state index < -0.39 is 0 Å². The molecule has 0 saturated heterocycles. The Hall–Kier alpha value is -1.39. The maximum Gasteiger partial charge on any atom is 0.128 e. The van der Waals surface area contributed by atoms with Crippen LogP contribution in [0.25, 0.3) is 0 Å². The van der Waals surface area contributed by atoms with Gasteiger partial charge in [-0.1, -0.05) is 12.1 Å². The Labute approximate surface area is 106 Å². The number of nitrogens with zero attached hydrogens (tertiary/aromatic N) is 2. The first-order valence-electron chi connectivity index (χ1n) is 5.73. The minimum atomic E-state index is 0.927. The fourth-order valence-corrected chi connectivity index (χ4v) is 2.37. The highest BCUT2D eigenvalue weighted by Crippen LogP contribution is 2.16. The van der Waals surface area contributed by atoms with E-state index in [1.807, 2.05) is 25.4 Å². The zero-order chi connectivity index (χ0) is 11.9. The number of nitrogens with one attached hydrogen (secondary N) is 1. The minimum absolute atomic E-state index is 0.927. The van der Waals surface area contributed by atoms with Crippen molar-refractivity contribution in [2.75, 3.05) is 25.0 Å². The number of aromatic nitrogens is 1. The number of hydrogen-bond acceptors (Lipinski definition) is 4. The maximum absolute atomic E-state index is 4.42. The Morgan fingerprint density at radius 1 is 1.29 bits per heavy atom. The van der Waals surface area contributed by atoms with Crippen LogP contribution in [0.3, 0.4) is 0 Å². The van der Waals surface area contributed by atoms with Crippen LogP contribution in [-0.2, 0) is 6.54 Å². The molecule has 0 fully saturated rings. The monoisotopic (exact) mass is 247 g/mol. The number of anilines is 1. The lowest BCUT2D eigenvalue weighted by Crippen LogP contribution is -2.30. The van der Waals surface area contributed by atoms with Crippen LogP contribution in [0.4, 0.5) is 5.82 Å². The highest BCUT2D eigenvalue weighted by atomic mass is 32.1. The third kappa shape index (κ3) is 3.54. The molecule has 0 spiro atoms. The van der Waals surface area contributed by atoms with Crippen LogP contribution < -0.4 is 10.2 Å². The first-order chi connectivity index (χ1) is 8.40. The van der Waals surface area contributed by atoms with Gasteiger partial charge in [0.05, 0.1) is 6.54 Å². The van der Waals surface area contributed by atoms with Gasteiger partial charge in [-0.2, -0.15) is 0 Å². The second-order valence-electron chi connectivity index (χ2n) is 3.79. The van der Waals surface area contributed by atoms with Gasteiger partial charge in [-0.05, 0) is 30.6 Å². The second-order valence-corrected chi connectivity index (χ2v) is 4.82. The van der Waals surface area contributed by atoms with Crippen LogP contribution in [-0.4, -0.2) is 25.1 Å². The molecule has 2 aromatic rings. The second kappa shape index (κ2) is 6.37. The number of rotatable bonds is 6. The van der Waals surface area contributed by atoms with Gasteiger partial charge in [0, 0.05) is 24.2 Å². The molecule has 0 unspecified atom stereocenters.